The monoisotopic (exact) mass is 330 g/mol. The fourth-order valence-electron chi connectivity index (χ4n) is 4.25. The molecule has 1 heterocycles. The predicted octanol–water partition coefficient (Wildman–Crippen LogP) is 4.46. The Morgan fingerprint density at radius 2 is 2.30 bits per heavy atom. The number of fused-ring (bicyclic) bond motifs is 3. The van der Waals surface area contributed by atoms with E-state index < -0.39 is 0 Å². The highest BCUT2D eigenvalue weighted by Gasteiger charge is 2.40. The van der Waals surface area contributed by atoms with Gasteiger partial charge in [-0.1, -0.05) is 17.8 Å². The van der Waals surface area contributed by atoms with Crippen LogP contribution in [0, 0.1) is 17.8 Å². The van der Waals surface area contributed by atoms with Gasteiger partial charge in [-0.25, -0.2) is 4.98 Å². The van der Waals surface area contributed by atoms with E-state index in [9.17, 15) is 4.79 Å². The van der Waals surface area contributed by atoms with Crippen LogP contribution in [0.15, 0.2) is 18.2 Å². The first-order valence-corrected chi connectivity index (χ1v) is 9.36. The topological polar surface area (TPSA) is 51.2 Å². The van der Waals surface area contributed by atoms with E-state index in [1.54, 1.807) is 0 Å². The number of hydrogen-bond donors (Lipinski definition) is 1. The number of nitrogens with one attached hydrogen (secondary N) is 1. The van der Waals surface area contributed by atoms with Crippen LogP contribution in [0.3, 0.4) is 0 Å². The summed E-state index contributed by atoms with van der Waals surface area (Å²) in [6.45, 7) is 2.62. The zero-order valence-corrected chi connectivity index (χ0v) is 14.2. The van der Waals surface area contributed by atoms with Crippen molar-refractivity contribution >= 4 is 32.6 Å². The van der Waals surface area contributed by atoms with Crippen molar-refractivity contribution in [3.8, 4) is 5.75 Å². The molecule has 2 fully saturated rings. The largest absolute Gasteiger partial charge is 0.494 e. The molecule has 23 heavy (non-hydrogen) atoms. The van der Waals surface area contributed by atoms with Crippen molar-refractivity contribution in [2.24, 2.45) is 17.8 Å². The molecule has 4 nitrogen and oxygen atoms in total. The number of nitrogens with zero attached hydrogens (tertiary/aromatic N) is 1. The fraction of sp³-hybridized carbons (Fsp3) is 0.556. The second kappa shape index (κ2) is 6.11. The molecule has 1 N–H and O–H groups in total. The van der Waals surface area contributed by atoms with Crippen molar-refractivity contribution in [1.29, 1.82) is 0 Å². The summed E-state index contributed by atoms with van der Waals surface area (Å²) in [5.74, 6) is 3.23. The SMILES string of the molecule is CCOc1ccc2nc(NC(=O)C[C@@H]3C[C@@H]4CC[C@@H]3C4)sc2c1. The summed E-state index contributed by atoms with van der Waals surface area (Å²) < 4.78 is 6.56. The van der Waals surface area contributed by atoms with Gasteiger partial charge in [-0.05, 0) is 62.1 Å². The number of benzene rings is 1. The molecule has 2 aliphatic rings. The smallest absolute Gasteiger partial charge is 0.226 e. The molecule has 2 aromatic rings. The zero-order valence-electron chi connectivity index (χ0n) is 13.4. The van der Waals surface area contributed by atoms with Crippen LogP contribution in [0.5, 0.6) is 5.75 Å². The molecule has 1 aromatic carbocycles. The summed E-state index contributed by atoms with van der Waals surface area (Å²) in [6.07, 6.45) is 5.95. The summed E-state index contributed by atoms with van der Waals surface area (Å²) in [4.78, 5) is 16.8. The van der Waals surface area contributed by atoms with E-state index in [0.29, 0.717) is 24.1 Å². The molecule has 5 heteroatoms. The van der Waals surface area contributed by atoms with E-state index >= 15 is 0 Å². The predicted molar refractivity (Wildman–Crippen MR) is 93.0 cm³/mol. The van der Waals surface area contributed by atoms with E-state index in [1.165, 1.54) is 37.0 Å². The number of ether oxygens (including phenoxy) is 1. The Morgan fingerprint density at radius 3 is 3.04 bits per heavy atom. The molecule has 2 bridgehead atoms. The van der Waals surface area contributed by atoms with Gasteiger partial charge >= 0.3 is 0 Å². The van der Waals surface area contributed by atoms with Crippen LogP contribution in [0.2, 0.25) is 0 Å². The van der Waals surface area contributed by atoms with E-state index in [-0.39, 0.29) is 5.91 Å². The number of amides is 1. The van der Waals surface area contributed by atoms with Crippen LogP contribution in [0.1, 0.15) is 39.0 Å². The Kier molecular flexibility index (Phi) is 3.97. The average Bonchev–Trinajstić information content (AvgIpc) is 3.21. The van der Waals surface area contributed by atoms with Crippen LogP contribution in [-0.2, 0) is 4.79 Å². The first-order valence-electron chi connectivity index (χ1n) is 8.54. The van der Waals surface area contributed by atoms with E-state index in [4.69, 9.17) is 4.74 Å². The highest BCUT2D eigenvalue weighted by molar-refractivity contribution is 7.22. The standard InChI is InChI=1S/C18H22N2O2S/c1-2-22-14-5-6-15-16(10-14)23-18(19-15)20-17(21)9-13-8-11-3-4-12(13)7-11/h5-6,10-13H,2-4,7-9H2,1H3,(H,19,20,21)/t11-,12-,13+/m1/s1. The van der Waals surface area contributed by atoms with Crippen molar-refractivity contribution in [2.45, 2.75) is 39.0 Å². The average molecular weight is 330 g/mol. The van der Waals surface area contributed by atoms with Gasteiger partial charge in [-0.15, -0.1) is 0 Å². The molecule has 0 saturated heterocycles. The summed E-state index contributed by atoms with van der Waals surface area (Å²) in [5, 5.41) is 3.69. The summed E-state index contributed by atoms with van der Waals surface area (Å²) in [5.41, 5.74) is 0.911. The Labute approximate surface area is 140 Å². The number of aromatic nitrogens is 1. The van der Waals surface area contributed by atoms with Gasteiger partial charge in [0.1, 0.15) is 5.75 Å². The van der Waals surface area contributed by atoms with Crippen molar-refractivity contribution in [3.05, 3.63) is 18.2 Å². The summed E-state index contributed by atoms with van der Waals surface area (Å²) in [7, 11) is 0. The second-order valence-corrected chi connectivity index (χ2v) is 7.80. The van der Waals surface area contributed by atoms with Crippen LogP contribution in [0.4, 0.5) is 5.13 Å². The molecular weight excluding hydrogens is 308 g/mol. The molecule has 1 amide bonds. The minimum atomic E-state index is 0.117. The van der Waals surface area contributed by atoms with Crippen molar-refractivity contribution < 1.29 is 9.53 Å². The fourth-order valence-corrected chi connectivity index (χ4v) is 5.16. The minimum absolute atomic E-state index is 0.117. The lowest BCUT2D eigenvalue weighted by molar-refractivity contribution is -0.117. The second-order valence-electron chi connectivity index (χ2n) is 6.77. The van der Waals surface area contributed by atoms with Gasteiger partial charge < -0.3 is 10.1 Å². The maximum Gasteiger partial charge on any atom is 0.226 e. The third kappa shape index (κ3) is 3.07. The molecule has 3 atom stereocenters. The molecule has 4 rings (SSSR count). The molecular formula is C18H22N2O2S. The van der Waals surface area contributed by atoms with E-state index in [1.807, 2.05) is 25.1 Å². The van der Waals surface area contributed by atoms with Crippen LogP contribution in [0.25, 0.3) is 10.2 Å². The maximum atomic E-state index is 12.3. The first-order chi connectivity index (χ1) is 11.2. The van der Waals surface area contributed by atoms with Gasteiger partial charge in [0.2, 0.25) is 5.91 Å². The molecule has 0 unspecified atom stereocenters. The molecule has 122 valence electrons. The van der Waals surface area contributed by atoms with Crippen LogP contribution in [-0.4, -0.2) is 17.5 Å². The van der Waals surface area contributed by atoms with Gasteiger partial charge in [-0.3, -0.25) is 4.79 Å². The molecule has 0 spiro atoms. The maximum absolute atomic E-state index is 12.3. The highest BCUT2D eigenvalue weighted by Crippen LogP contribution is 2.49. The third-order valence-corrected chi connectivity index (χ3v) is 6.18. The number of rotatable bonds is 5. The molecule has 2 aliphatic carbocycles. The minimum Gasteiger partial charge on any atom is -0.494 e. The lowest BCUT2D eigenvalue weighted by Crippen LogP contribution is -2.20. The Morgan fingerprint density at radius 1 is 1.39 bits per heavy atom. The highest BCUT2D eigenvalue weighted by atomic mass is 32.1. The van der Waals surface area contributed by atoms with Crippen molar-refractivity contribution in [1.82, 2.24) is 4.98 Å². The van der Waals surface area contributed by atoms with E-state index in [2.05, 4.69) is 10.3 Å². The number of carbonyl (C=O) groups is 1. The Bertz CT molecular complexity index is 727. The Hall–Kier alpha value is -1.62. The lowest BCUT2D eigenvalue weighted by Gasteiger charge is -2.20. The summed E-state index contributed by atoms with van der Waals surface area (Å²) in [6, 6.07) is 5.86. The lowest BCUT2D eigenvalue weighted by atomic mass is 9.86. The van der Waals surface area contributed by atoms with Crippen molar-refractivity contribution in [3.63, 3.8) is 0 Å². The van der Waals surface area contributed by atoms with Gasteiger partial charge in [0.05, 0.1) is 16.8 Å². The number of thiazole rings is 1. The number of carbonyl (C=O) groups excluding carboxylic acids is 1. The Balaban J connectivity index is 1.41. The van der Waals surface area contributed by atoms with Gasteiger partial charge in [0.15, 0.2) is 5.13 Å². The molecule has 0 aliphatic heterocycles. The third-order valence-electron chi connectivity index (χ3n) is 5.25. The van der Waals surface area contributed by atoms with Crippen molar-refractivity contribution in [2.75, 3.05) is 11.9 Å². The molecule has 0 radical (unpaired) electrons. The first kappa shape index (κ1) is 14.9. The number of anilines is 1. The quantitative estimate of drug-likeness (QED) is 0.880. The molecule has 2 saturated carbocycles. The zero-order chi connectivity index (χ0) is 15.8. The summed E-state index contributed by atoms with van der Waals surface area (Å²) >= 11 is 1.52. The normalized spacial score (nSPS) is 25.9. The van der Waals surface area contributed by atoms with Crippen LogP contribution >= 0.6 is 11.3 Å². The van der Waals surface area contributed by atoms with E-state index in [0.717, 1.165) is 27.8 Å². The molecule has 1 aromatic heterocycles. The number of hydrogen-bond acceptors (Lipinski definition) is 4. The van der Waals surface area contributed by atoms with Crippen LogP contribution < -0.4 is 10.1 Å². The van der Waals surface area contributed by atoms with Gasteiger partial charge in [0.25, 0.3) is 0 Å². The van der Waals surface area contributed by atoms with Gasteiger partial charge in [-0.2, -0.15) is 0 Å². The van der Waals surface area contributed by atoms with Gasteiger partial charge in [0, 0.05) is 6.42 Å².